The van der Waals surface area contributed by atoms with Crippen LogP contribution in [0.1, 0.15) is 30.1 Å². The van der Waals surface area contributed by atoms with Crippen molar-refractivity contribution < 1.29 is 9.90 Å². The van der Waals surface area contributed by atoms with Crippen LogP contribution in [0, 0.1) is 0 Å². The van der Waals surface area contributed by atoms with Crippen molar-refractivity contribution in [1.29, 1.82) is 0 Å². The highest BCUT2D eigenvalue weighted by atomic mass is 16.3. The Morgan fingerprint density at radius 1 is 1.37 bits per heavy atom. The summed E-state index contributed by atoms with van der Waals surface area (Å²) in [7, 11) is 2.09. The molecule has 1 saturated heterocycles. The molecule has 0 spiro atoms. The van der Waals surface area contributed by atoms with Crippen molar-refractivity contribution in [3.8, 4) is 5.75 Å². The predicted molar refractivity (Wildman–Crippen MR) is 75.3 cm³/mol. The van der Waals surface area contributed by atoms with Crippen molar-refractivity contribution in [2.24, 2.45) is 0 Å². The van der Waals surface area contributed by atoms with Gasteiger partial charge in [-0.05, 0) is 38.6 Å². The van der Waals surface area contributed by atoms with Gasteiger partial charge in [0.1, 0.15) is 5.75 Å². The van der Waals surface area contributed by atoms with Gasteiger partial charge in [0.25, 0.3) is 5.91 Å². The second-order valence-electron chi connectivity index (χ2n) is 5.19. The van der Waals surface area contributed by atoms with Crippen LogP contribution in [0.25, 0.3) is 0 Å². The molecule has 1 N–H and O–H groups in total. The molecule has 4 heteroatoms. The van der Waals surface area contributed by atoms with Crippen molar-refractivity contribution in [3.63, 3.8) is 0 Å². The lowest BCUT2D eigenvalue weighted by Crippen LogP contribution is -2.43. The fourth-order valence-corrected chi connectivity index (χ4v) is 2.67. The van der Waals surface area contributed by atoms with Gasteiger partial charge in [-0.15, -0.1) is 0 Å². The average molecular weight is 262 g/mol. The van der Waals surface area contributed by atoms with Gasteiger partial charge in [0.2, 0.25) is 0 Å². The SMILES string of the molecule is CCC1CN(C)CCCN1C(=O)c1ccccc1O. The number of benzene rings is 1. The highest BCUT2D eigenvalue weighted by Gasteiger charge is 2.27. The summed E-state index contributed by atoms with van der Waals surface area (Å²) in [5.74, 6) is 0.0141. The number of aromatic hydroxyl groups is 1. The molecule has 19 heavy (non-hydrogen) atoms. The van der Waals surface area contributed by atoms with Gasteiger partial charge in [0, 0.05) is 19.1 Å². The van der Waals surface area contributed by atoms with E-state index in [1.165, 1.54) is 0 Å². The lowest BCUT2D eigenvalue weighted by Gasteiger charge is -2.30. The Labute approximate surface area is 114 Å². The fourth-order valence-electron chi connectivity index (χ4n) is 2.67. The van der Waals surface area contributed by atoms with E-state index in [9.17, 15) is 9.90 Å². The van der Waals surface area contributed by atoms with Gasteiger partial charge >= 0.3 is 0 Å². The van der Waals surface area contributed by atoms with Gasteiger partial charge in [-0.2, -0.15) is 0 Å². The number of phenolic OH excluding ortho intramolecular Hbond substituents is 1. The Hall–Kier alpha value is -1.55. The first-order chi connectivity index (χ1) is 9.13. The topological polar surface area (TPSA) is 43.8 Å². The standard InChI is InChI=1S/C15H22N2O2/c1-3-12-11-16(2)9-6-10-17(12)15(19)13-7-4-5-8-14(13)18/h4-5,7-8,12,18H,3,6,9-11H2,1-2H3. The maximum atomic E-state index is 12.6. The third-order valence-corrected chi connectivity index (χ3v) is 3.77. The Morgan fingerprint density at radius 2 is 2.11 bits per heavy atom. The van der Waals surface area contributed by atoms with Gasteiger partial charge in [-0.25, -0.2) is 0 Å². The number of nitrogens with zero attached hydrogens (tertiary/aromatic N) is 2. The number of amides is 1. The second-order valence-corrected chi connectivity index (χ2v) is 5.19. The van der Waals surface area contributed by atoms with Crippen LogP contribution in [0.5, 0.6) is 5.75 Å². The van der Waals surface area contributed by atoms with E-state index in [0.717, 1.165) is 32.5 Å². The first kappa shape index (κ1) is 13.9. The van der Waals surface area contributed by atoms with E-state index in [4.69, 9.17) is 0 Å². The van der Waals surface area contributed by atoms with E-state index in [1.54, 1.807) is 24.3 Å². The maximum Gasteiger partial charge on any atom is 0.257 e. The summed E-state index contributed by atoms with van der Waals surface area (Å²) >= 11 is 0. The van der Waals surface area contributed by atoms with Gasteiger partial charge in [-0.1, -0.05) is 19.1 Å². The van der Waals surface area contributed by atoms with Crippen molar-refractivity contribution in [3.05, 3.63) is 29.8 Å². The van der Waals surface area contributed by atoms with Crippen LogP contribution in [-0.2, 0) is 0 Å². The Morgan fingerprint density at radius 3 is 2.79 bits per heavy atom. The van der Waals surface area contributed by atoms with E-state index >= 15 is 0 Å². The normalized spacial score (nSPS) is 21.2. The molecule has 0 aliphatic carbocycles. The molecular weight excluding hydrogens is 240 g/mol. The smallest absolute Gasteiger partial charge is 0.257 e. The average Bonchev–Trinajstić information content (AvgIpc) is 2.60. The van der Waals surface area contributed by atoms with Crippen molar-refractivity contribution >= 4 is 5.91 Å². The molecule has 0 bridgehead atoms. The third-order valence-electron chi connectivity index (χ3n) is 3.77. The van der Waals surface area contributed by atoms with Crippen LogP contribution in [-0.4, -0.2) is 53.5 Å². The molecule has 1 fully saturated rings. The zero-order valence-electron chi connectivity index (χ0n) is 11.7. The summed E-state index contributed by atoms with van der Waals surface area (Å²) < 4.78 is 0. The van der Waals surface area contributed by atoms with Crippen molar-refractivity contribution in [1.82, 2.24) is 9.80 Å². The van der Waals surface area contributed by atoms with E-state index in [2.05, 4.69) is 18.9 Å². The van der Waals surface area contributed by atoms with Crippen LogP contribution in [0.2, 0.25) is 0 Å². The summed E-state index contributed by atoms with van der Waals surface area (Å²) in [5.41, 5.74) is 0.408. The number of hydrogen-bond acceptors (Lipinski definition) is 3. The van der Waals surface area contributed by atoms with Crippen LogP contribution in [0.3, 0.4) is 0 Å². The van der Waals surface area contributed by atoms with Gasteiger partial charge in [0.15, 0.2) is 0 Å². The fraction of sp³-hybridized carbons (Fsp3) is 0.533. The summed E-state index contributed by atoms with van der Waals surface area (Å²) in [6, 6.07) is 7.01. The molecule has 1 aliphatic rings. The van der Waals surface area contributed by atoms with Crippen LogP contribution >= 0.6 is 0 Å². The summed E-state index contributed by atoms with van der Waals surface area (Å²) in [4.78, 5) is 16.8. The number of rotatable bonds is 2. The molecule has 1 heterocycles. The predicted octanol–water partition coefficient (Wildman–Crippen LogP) is 1.95. The summed E-state index contributed by atoms with van der Waals surface area (Å²) in [5, 5.41) is 9.83. The molecule has 1 aromatic carbocycles. The molecule has 4 nitrogen and oxygen atoms in total. The summed E-state index contributed by atoms with van der Waals surface area (Å²) in [6.45, 7) is 4.78. The molecule has 0 saturated carbocycles. The molecule has 104 valence electrons. The number of carbonyl (C=O) groups is 1. The molecule has 2 rings (SSSR count). The van der Waals surface area contributed by atoms with Crippen LogP contribution < -0.4 is 0 Å². The van der Waals surface area contributed by atoms with Crippen LogP contribution in [0.4, 0.5) is 0 Å². The monoisotopic (exact) mass is 262 g/mol. The minimum atomic E-state index is -0.0553. The molecular formula is C15H22N2O2. The number of hydrogen-bond donors (Lipinski definition) is 1. The number of carbonyl (C=O) groups excluding carboxylic acids is 1. The van der Waals surface area contributed by atoms with Gasteiger partial charge < -0.3 is 14.9 Å². The zero-order valence-corrected chi connectivity index (χ0v) is 11.7. The van der Waals surface area contributed by atoms with Crippen molar-refractivity contribution in [2.45, 2.75) is 25.8 Å². The molecule has 1 amide bonds. The van der Waals surface area contributed by atoms with Crippen molar-refractivity contribution in [2.75, 3.05) is 26.7 Å². The second kappa shape index (κ2) is 6.06. The molecule has 1 atom stereocenters. The zero-order chi connectivity index (χ0) is 13.8. The van der Waals surface area contributed by atoms with Crippen LogP contribution in [0.15, 0.2) is 24.3 Å². The van der Waals surface area contributed by atoms with E-state index < -0.39 is 0 Å². The minimum absolute atomic E-state index is 0.0553. The molecule has 1 unspecified atom stereocenters. The first-order valence-corrected chi connectivity index (χ1v) is 6.91. The molecule has 1 aromatic rings. The van der Waals surface area contributed by atoms with E-state index in [0.29, 0.717) is 5.56 Å². The highest BCUT2D eigenvalue weighted by molar-refractivity contribution is 5.97. The van der Waals surface area contributed by atoms with E-state index in [1.807, 2.05) is 4.90 Å². The lowest BCUT2D eigenvalue weighted by atomic mass is 10.1. The Balaban J connectivity index is 2.23. The first-order valence-electron chi connectivity index (χ1n) is 6.91. The van der Waals surface area contributed by atoms with E-state index in [-0.39, 0.29) is 17.7 Å². The quantitative estimate of drug-likeness (QED) is 0.886. The Bertz CT molecular complexity index is 448. The maximum absolute atomic E-state index is 12.6. The lowest BCUT2D eigenvalue weighted by molar-refractivity contribution is 0.0672. The summed E-state index contributed by atoms with van der Waals surface area (Å²) in [6.07, 6.45) is 1.91. The van der Waals surface area contributed by atoms with Gasteiger partial charge in [-0.3, -0.25) is 4.79 Å². The highest BCUT2D eigenvalue weighted by Crippen LogP contribution is 2.21. The number of likely N-dealkylation sites (N-methyl/N-ethyl adjacent to an activating group) is 1. The molecule has 1 aliphatic heterocycles. The number of para-hydroxylation sites is 1. The molecule has 0 radical (unpaired) electrons. The van der Waals surface area contributed by atoms with Gasteiger partial charge in [0.05, 0.1) is 5.56 Å². The largest absolute Gasteiger partial charge is 0.507 e. The Kier molecular flexibility index (Phi) is 4.43. The minimum Gasteiger partial charge on any atom is -0.507 e. The third kappa shape index (κ3) is 3.07. The number of phenols is 1. The molecule has 0 aromatic heterocycles.